The third kappa shape index (κ3) is 4.65. The molecule has 1 aromatic rings. The van der Waals surface area contributed by atoms with Crippen LogP contribution in [0.2, 0.25) is 0 Å². The molecule has 1 rings (SSSR count). The molecule has 19 heavy (non-hydrogen) atoms. The summed E-state index contributed by atoms with van der Waals surface area (Å²) in [7, 11) is 1.44. The topological polar surface area (TPSA) is 46.6 Å². The van der Waals surface area contributed by atoms with Crippen LogP contribution in [0.25, 0.3) is 0 Å². The molecule has 0 aliphatic rings. The fourth-order valence-electron chi connectivity index (χ4n) is 1.45. The summed E-state index contributed by atoms with van der Waals surface area (Å²) in [5.41, 5.74) is 0.347. The Bertz CT molecular complexity index is 477. The van der Waals surface area contributed by atoms with Gasteiger partial charge in [0.25, 0.3) is 0 Å². The van der Waals surface area contributed by atoms with Gasteiger partial charge in [0.15, 0.2) is 11.6 Å². The van der Waals surface area contributed by atoms with Gasteiger partial charge in [0.2, 0.25) is 5.91 Å². The predicted molar refractivity (Wildman–Crippen MR) is 64.3 cm³/mol. The minimum atomic E-state index is -1.00. The van der Waals surface area contributed by atoms with E-state index in [1.807, 2.05) is 0 Å². The van der Waals surface area contributed by atoms with E-state index in [1.54, 1.807) is 6.92 Å². The van der Waals surface area contributed by atoms with Crippen LogP contribution in [0.5, 0.6) is 0 Å². The smallest absolute Gasteiger partial charge is 0.325 e. The van der Waals surface area contributed by atoms with E-state index < -0.39 is 17.6 Å². The van der Waals surface area contributed by atoms with E-state index in [2.05, 4.69) is 0 Å². The summed E-state index contributed by atoms with van der Waals surface area (Å²) in [6.45, 7) is 1.74. The van der Waals surface area contributed by atoms with Crippen LogP contribution in [-0.4, -0.2) is 37.0 Å². The fraction of sp³-hybridized carbons (Fsp3) is 0.385. The van der Waals surface area contributed by atoms with E-state index in [1.165, 1.54) is 18.0 Å². The average molecular weight is 271 g/mol. The molecule has 0 radical (unpaired) electrons. The number of ether oxygens (including phenoxy) is 1. The van der Waals surface area contributed by atoms with Gasteiger partial charge < -0.3 is 9.64 Å². The lowest BCUT2D eigenvalue weighted by atomic mass is 10.1. The lowest BCUT2D eigenvalue weighted by Crippen LogP contribution is -2.34. The maximum absolute atomic E-state index is 13.0. The molecule has 0 aliphatic heterocycles. The lowest BCUT2D eigenvalue weighted by Gasteiger charge is -2.16. The summed E-state index contributed by atoms with van der Waals surface area (Å²) in [5, 5.41) is 0. The maximum atomic E-state index is 13.0. The third-order valence-electron chi connectivity index (χ3n) is 2.44. The van der Waals surface area contributed by atoms with Crippen molar-refractivity contribution in [1.29, 1.82) is 0 Å². The van der Waals surface area contributed by atoms with Gasteiger partial charge in [0.1, 0.15) is 6.54 Å². The maximum Gasteiger partial charge on any atom is 0.325 e. The quantitative estimate of drug-likeness (QED) is 0.763. The first-order chi connectivity index (χ1) is 8.93. The summed E-state index contributed by atoms with van der Waals surface area (Å²) in [6.07, 6.45) is -0.104. The molecule has 0 atom stereocenters. The minimum absolute atomic E-state index is 0.104. The van der Waals surface area contributed by atoms with E-state index in [9.17, 15) is 18.4 Å². The highest BCUT2D eigenvalue weighted by Crippen LogP contribution is 2.10. The molecule has 0 saturated carbocycles. The van der Waals surface area contributed by atoms with Crippen LogP contribution < -0.4 is 0 Å². The second-order valence-corrected chi connectivity index (χ2v) is 3.98. The van der Waals surface area contributed by atoms with Crippen LogP contribution in [0.1, 0.15) is 12.5 Å². The Morgan fingerprint density at radius 2 is 1.95 bits per heavy atom. The van der Waals surface area contributed by atoms with E-state index in [0.29, 0.717) is 5.56 Å². The van der Waals surface area contributed by atoms with Gasteiger partial charge in [-0.2, -0.15) is 0 Å². The number of likely N-dealkylation sites (N-methyl/N-ethyl adjacent to an activating group) is 1. The molecular formula is C13H15F2NO3. The van der Waals surface area contributed by atoms with Crippen molar-refractivity contribution in [2.24, 2.45) is 0 Å². The third-order valence-corrected chi connectivity index (χ3v) is 2.44. The van der Waals surface area contributed by atoms with Crippen LogP contribution >= 0.6 is 0 Å². The normalized spacial score (nSPS) is 10.1. The molecule has 0 aromatic heterocycles. The average Bonchev–Trinajstić information content (AvgIpc) is 2.34. The van der Waals surface area contributed by atoms with Crippen LogP contribution in [0.3, 0.4) is 0 Å². The zero-order valence-electron chi connectivity index (χ0n) is 10.8. The van der Waals surface area contributed by atoms with Crippen molar-refractivity contribution in [2.45, 2.75) is 13.3 Å². The number of esters is 1. The molecule has 4 nitrogen and oxygen atoms in total. The number of rotatable bonds is 5. The van der Waals surface area contributed by atoms with Gasteiger partial charge in [-0.25, -0.2) is 8.78 Å². The fourth-order valence-corrected chi connectivity index (χ4v) is 1.45. The number of carbonyl (C=O) groups excluding carboxylic acids is 2. The summed E-state index contributed by atoms with van der Waals surface area (Å²) in [4.78, 5) is 24.1. The van der Waals surface area contributed by atoms with Crippen LogP contribution in [0, 0.1) is 11.6 Å². The van der Waals surface area contributed by atoms with Crippen molar-refractivity contribution in [3.05, 3.63) is 35.4 Å². The number of hydrogen-bond acceptors (Lipinski definition) is 3. The van der Waals surface area contributed by atoms with Gasteiger partial charge in [0.05, 0.1) is 13.0 Å². The zero-order chi connectivity index (χ0) is 14.4. The molecule has 1 aromatic carbocycles. The highest BCUT2D eigenvalue weighted by atomic mass is 19.2. The molecule has 0 bridgehead atoms. The minimum Gasteiger partial charge on any atom is -0.465 e. The Labute approximate surface area is 110 Å². The summed E-state index contributed by atoms with van der Waals surface area (Å²) >= 11 is 0. The van der Waals surface area contributed by atoms with Crippen molar-refractivity contribution in [3.8, 4) is 0 Å². The first kappa shape index (κ1) is 15.1. The lowest BCUT2D eigenvalue weighted by molar-refractivity contribution is -0.147. The van der Waals surface area contributed by atoms with E-state index >= 15 is 0 Å². The second-order valence-electron chi connectivity index (χ2n) is 3.98. The number of amides is 1. The number of halogens is 2. The molecule has 0 aliphatic carbocycles. The van der Waals surface area contributed by atoms with Gasteiger partial charge >= 0.3 is 5.97 Å². The van der Waals surface area contributed by atoms with Gasteiger partial charge in [-0.1, -0.05) is 6.07 Å². The highest BCUT2D eigenvalue weighted by molar-refractivity contribution is 5.83. The number of benzene rings is 1. The van der Waals surface area contributed by atoms with Crippen LogP contribution in [0.4, 0.5) is 8.78 Å². The van der Waals surface area contributed by atoms with Crippen molar-refractivity contribution in [3.63, 3.8) is 0 Å². The Balaban J connectivity index is 2.58. The highest BCUT2D eigenvalue weighted by Gasteiger charge is 2.14. The molecule has 1 amide bonds. The summed E-state index contributed by atoms with van der Waals surface area (Å²) < 4.78 is 30.4. The van der Waals surface area contributed by atoms with Crippen molar-refractivity contribution < 1.29 is 23.1 Å². The van der Waals surface area contributed by atoms with Crippen molar-refractivity contribution >= 4 is 11.9 Å². The number of carbonyl (C=O) groups is 2. The molecule has 104 valence electrons. The van der Waals surface area contributed by atoms with Gasteiger partial charge in [-0.05, 0) is 24.6 Å². The van der Waals surface area contributed by atoms with Gasteiger partial charge in [0, 0.05) is 7.05 Å². The monoisotopic (exact) mass is 271 g/mol. The molecule has 0 N–H and O–H groups in total. The Kier molecular flexibility index (Phi) is 5.41. The summed E-state index contributed by atoms with van der Waals surface area (Å²) in [6, 6.07) is 3.25. The van der Waals surface area contributed by atoms with Gasteiger partial charge in [-0.3, -0.25) is 9.59 Å². The predicted octanol–water partition coefficient (Wildman–Crippen LogP) is 1.53. The molecule has 0 heterocycles. The standard InChI is InChI=1S/C13H15F2NO3/c1-3-19-13(18)8-16(2)12(17)7-9-4-5-10(14)11(15)6-9/h4-6H,3,7-8H2,1-2H3. The Morgan fingerprint density at radius 3 is 2.53 bits per heavy atom. The zero-order valence-corrected chi connectivity index (χ0v) is 10.8. The van der Waals surface area contributed by atoms with Crippen LogP contribution in [0.15, 0.2) is 18.2 Å². The first-order valence-corrected chi connectivity index (χ1v) is 5.77. The largest absolute Gasteiger partial charge is 0.465 e. The van der Waals surface area contributed by atoms with E-state index in [0.717, 1.165) is 12.1 Å². The molecule has 0 unspecified atom stereocenters. The number of nitrogens with zero attached hydrogens (tertiary/aromatic N) is 1. The molecule has 0 fully saturated rings. The summed E-state index contributed by atoms with van der Waals surface area (Å²) in [5.74, 6) is -2.85. The van der Waals surface area contributed by atoms with Crippen LogP contribution in [-0.2, 0) is 20.7 Å². The second kappa shape index (κ2) is 6.82. The molecule has 6 heteroatoms. The first-order valence-electron chi connectivity index (χ1n) is 5.77. The van der Waals surface area contributed by atoms with E-state index in [4.69, 9.17) is 4.74 Å². The Morgan fingerprint density at radius 1 is 1.26 bits per heavy atom. The molecule has 0 saturated heterocycles. The molecule has 0 spiro atoms. The SMILES string of the molecule is CCOC(=O)CN(C)C(=O)Cc1ccc(F)c(F)c1. The van der Waals surface area contributed by atoms with Crippen molar-refractivity contribution in [2.75, 3.05) is 20.2 Å². The van der Waals surface area contributed by atoms with E-state index in [-0.39, 0.29) is 25.5 Å². The van der Waals surface area contributed by atoms with Gasteiger partial charge in [-0.15, -0.1) is 0 Å². The van der Waals surface area contributed by atoms with Crippen molar-refractivity contribution in [1.82, 2.24) is 4.90 Å². The number of hydrogen-bond donors (Lipinski definition) is 0. The molecular weight excluding hydrogens is 256 g/mol. The Hall–Kier alpha value is -1.98.